The van der Waals surface area contributed by atoms with Crippen molar-refractivity contribution in [2.24, 2.45) is 0 Å². The van der Waals surface area contributed by atoms with Crippen LogP contribution in [0.2, 0.25) is 0 Å². The van der Waals surface area contributed by atoms with Gasteiger partial charge in [0.15, 0.2) is 6.61 Å². The number of amides is 2. The number of nitrogens with zero attached hydrogens (tertiary/aromatic N) is 1. The molecule has 1 N–H and O–H groups in total. The molecule has 0 spiro atoms. The van der Waals surface area contributed by atoms with Crippen LogP contribution in [-0.2, 0) is 24.3 Å². The van der Waals surface area contributed by atoms with Crippen molar-refractivity contribution in [3.63, 3.8) is 0 Å². The molecule has 1 atom stereocenters. The van der Waals surface area contributed by atoms with E-state index in [1.54, 1.807) is 24.3 Å². The van der Waals surface area contributed by atoms with Gasteiger partial charge in [0.1, 0.15) is 11.8 Å². The lowest BCUT2D eigenvalue weighted by molar-refractivity contribution is -0.151. The first kappa shape index (κ1) is 23.4. The second-order valence-electron chi connectivity index (χ2n) is 7.30. The van der Waals surface area contributed by atoms with Crippen LogP contribution in [-0.4, -0.2) is 56.8 Å². The second-order valence-corrected chi connectivity index (χ2v) is 9.19. The van der Waals surface area contributed by atoms with Gasteiger partial charge in [0, 0.05) is 12.1 Å². The largest absolute Gasteiger partial charge is 0.497 e. The lowest BCUT2D eigenvalue weighted by atomic mass is 10.2. The summed E-state index contributed by atoms with van der Waals surface area (Å²) in [5.41, 5.74) is 1.15. The lowest BCUT2D eigenvalue weighted by Crippen LogP contribution is -2.42. The topological polar surface area (TPSA) is 119 Å². The van der Waals surface area contributed by atoms with Crippen molar-refractivity contribution in [2.45, 2.75) is 30.7 Å². The lowest BCUT2D eigenvalue weighted by Gasteiger charge is -2.22. The number of methoxy groups -OCH3 is 1. The molecule has 1 aliphatic rings. The summed E-state index contributed by atoms with van der Waals surface area (Å²) in [6.45, 7) is 1.32. The summed E-state index contributed by atoms with van der Waals surface area (Å²) in [6, 6.07) is 11.4. The molecule has 0 unspecified atom stereocenters. The van der Waals surface area contributed by atoms with Crippen molar-refractivity contribution < 1.29 is 32.3 Å². The third kappa shape index (κ3) is 5.32. The number of sulfonamides is 1. The normalized spacial score (nSPS) is 16.4. The van der Waals surface area contributed by atoms with E-state index in [2.05, 4.69) is 5.32 Å². The van der Waals surface area contributed by atoms with E-state index in [0.717, 1.165) is 9.87 Å². The predicted molar refractivity (Wildman–Crippen MR) is 115 cm³/mol. The minimum atomic E-state index is -3.88. The van der Waals surface area contributed by atoms with Gasteiger partial charge >= 0.3 is 5.97 Å². The Morgan fingerprint density at radius 3 is 2.34 bits per heavy atom. The number of benzene rings is 2. The van der Waals surface area contributed by atoms with E-state index in [4.69, 9.17) is 9.47 Å². The maximum Gasteiger partial charge on any atom is 0.324 e. The first-order valence-electron chi connectivity index (χ1n) is 9.96. The highest BCUT2D eigenvalue weighted by atomic mass is 32.2. The second kappa shape index (κ2) is 9.92. The van der Waals surface area contributed by atoms with Crippen LogP contribution in [0.15, 0.2) is 53.4 Å². The molecule has 0 aromatic heterocycles. The summed E-state index contributed by atoms with van der Waals surface area (Å²) in [4.78, 5) is 36.8. The fourth-order valence-electron chi connectivity index (χ4n) is 3.32. The summed E-state index contributed by atoms with van der Waals surface area (Å²) >= 11 is 0. The molecule has 3 rings (SSSR count). The smallest absolute Gasteiger partial charge is 0.324 e. The molecule has 0 bridgehead atoms. The summed E-state index contributed by atoms with van der Waals surface area (Å²) < 4.78 is 37.0. The van der Waals surface area contributed by atoms with Crippen molar-refractivity contribution >= 4 is 27.8 Å². The van der Waals surface area contributed by atoms with Crippen LogP contribution >= 0.6 is 0 Å². The van der Waals surface area contributed by atoms with E-state index in [1.807, 2.05) is 6.92 Å². The highest BCUT2D eigenvalue weighted by Gasteiger charge is 2.40. The van der Waals surface area contributed by atoms with Gasteiger partial charge in [-0.15, -0.1) is 0 Å². The average molecular weight is 461 g/mol. The molecule has 170 valence electrons. The van der Waals surface area contributed by atoms with E-state index < -0.39 is 40.5 Å². The van der Waals surface area contributed by atoms with Crippen LogP contribution < -0.4 is 10.1 Å². The minimum Gasteiger partial charge on any atom is -0.497 e. The summed E-state index contributed by atoms with van der Waals surface area (Å²) in [5, 5.41) is 2.12. The number of nitrogens with one attached hydrogen (secondary N) is 1. The third-order valence-electron chi connectivity index (χ3n) is 5.05. The Morgan fingerprint density at radius 1 is 1.06 bits per heavy atom. The van der Waals surface area contributed by atoms with Crippen LogP contribution in [0.5, 0.6) is 5.75 Å². The maximum absolute atomic E-state index is 12.9. The highest BCUT2D eigenvalue weighted by molar-refractivity contribution is 7.89. The molecular formula is C22H24N2O7S. The standard InChI is InChI=1S/C22H24N2O7S/c1-15-5-11-18(12-6-15)32(28,29)24-13-3-4-19(24)22(27)31-14-20(25)23-21(26)16-7-9-17(30-2)10-8-16/h5-12,19H,3-4,13-14H2,1-2H3,(H,23,25,26)/t19-/m0/s1. The van der Waals surface area contributed by atoms with E-state index in [1.165, 1.54) is 31.4 Å². The van der Waals surface area contributed by atoms with Crippen LogP contribution in [0.1, 0.15) is 28.8 Å². The van der Waals surface area contributed by atoms with Gasteiger partial charge in [0.2, 0.25) is 10.0 Å². The Morgan fingerprint density at radius 2 is 1.72 bits per heavy atom. The maximum atomic E-state index is 12.9. The number of imide groups is 1. The molecule has 2 aromatic carbocycles. The number of esters is 1. The number of aryl methyl sites for hydroxylation is 1. The van der Waals surface area contributed by atoms with Gasteiger partial charge in [-0.2, -0.15) is 4.31 Å². The molecule has 1 heterocycles. The van der Waals surface area contributed by atoms with Gasteiger partial charge in [-0.3, -0.25) is 19.7 Å². The molecule has 0 radical (unpaired) electrons. The number of carbonyl (C=O) groups excluding carboxylic acids is 3. The van der Waals surface area contributed by atoms with Gasteiger partial charge in [0.25, 0.3) is 11.8 Å². The van der Waals surface area contributed by atoms with Crippen LogP contribution in [0.25, 0.3) is 0 Å². The van der Waals surface area contributed by atoms with Gasteiger partial charge in [0.05, 0.1) is 12.0 Å². The van der Waals surface area contributed by atoms with Gasteiger partial charge in [-0.05, 0) is 56.2 Å². The molecule has 32 heavy (non-hydrogen) atoms. The van der Waals surface area contributed by atoms with Crippen molar-refractivity contribution in [1.82, 2.24) is 9.62 Å². The first-order valence-corrected chi connectivity index (χ1v) is 11.4. The number of rotatable bonds is 7. The Hall–Kier alpha value is -3.24. The number of hydrogen-bond acceptors (Lipinski definition) is 7. The zero-order valence-electron chi connectivity index (χ0n) is 17.7. The minimum absolute atomic E-state index is 0.0885. The Bertz CT molecular complexity index is 1100. The fourth-order valence-corrected chi connectivity index (χ4v) is 4.97. The monoisotopic (exact) mass is 460 g/mol. The molecule has 9 nitrogen and oxygen atoms in total. The predicted octanol–water partition coefficient (Wildman–Crippen LogP) is 1.66. The van der Waals surface area contributed by atoms with Crippen molar-refractivity contribution in [2.75, 3.05) is 20.3 Å². The van der Waals surface area contributed by atoms with Gasteiger partial charge in [-0.1, -0.05) is 17.7 Å². The van der Waals surface area contributed by atoms with Crippen molar-refractivity contribution in [3.05, 3.63) is 59.7 Å². The van der Waals surface area contributed by atoms with Crippen molar-refractivity contribution in [1.29, 1.82) is 0 Å². The molecule has 1 fully saturated rings. The van der Waals surface area contributed by atoms with Crippen LogP contribution in [0.4, 0.5) is 0 Å². The summed E-state index contributed by atoms with van der Waals surface area (Å²) in [5.74, 6) is -1.74. The highest BCUT2D eigenvalue weighted by Crippen LogP contribution is 2.27. The van der Waals surface area contributed by atoms with E-state index in [0.29, 0.717) is 12.2 Å². The molecule has 10 heteroatoms. The third-order valence-corrected chi connectivity index (χ3v) is 6.98. The molecule has 1 saturated heterocycles. The quantitative estimate of drug-likeness (QED) is 0.624. The Balaban J connectivity index is 1.58. The average Bonchev–Trinajstić information content (AvgIpc) is 3.29. The van der Waals surface area contributed by atoms with Crippen LogP contribution in [0, 0.1) is 6.92 Å². The summed E-state index contributed by atoms with van der Waals surface area (Å²) in [7, 11) is -2.39. The number of hydrogen-bond donors (Lipinski definition) is 1. The zero-order chi connectivity index (χ0) is 23.3. The molecular weight excluding hydrogens is 436 g/mol. The van der Waals surface area contributed by atoms with Gasteiger partial charge < -0.3 is 9.47 Å². The SMILES string of the molecule is COc1ccc(C(=O)NC(=O)COC(=O)[C@@H]2CCCN2S(=O)(=O)c2ccc(C)cc2)cc1. The fraction of sp³-hybridized carbons (Fsp3) is 0.318. The zero-order valence-corrected chi connectivity index (χ0v) is 18.6. The van der Waals surface area contributed by atoms with Crippen molar-refractivity contribution in [3.8, 4) is 5.75 Å². The molecule has 1 aliphatic heterocycles. The van der Waals surface area contributed by atoms with E-state index in [-0.39, 0.29) is 23.4 Å². The first-order chi connectivity index (χ1) is 15.2. The van der Waals surface area contributed by atoms with E-state index in [9.17, 15) is 22.8 Å². The Labute approximate surface area is 186 Å². The number of carbonyl (C=O) groups is 3. The van der Waals surface area contributed by atoms with Crippen LogP contribution in [0.3, 0.4) is 0 Å². The Kier molecular flexibility index (Phi) is 7.26. The molecule has 0 aliphatic carbocycles. The van der Waals surface area contributed by atoms with E-state index >= 15 is 0 Å². The van der Waals surface area contributed by atoms with Gasteiger partial charge in [-0.25, -0.2) is 8.42 Å². The number of ether oxygens (including phenoxy) is 2. The molecule has 0 saturated carbocycles. The molecule has 2 aromatic rings. The summed E-state index contributed by atoms with van der Waals surface area (Å²) in [6.07, 6.45) is 0.781. The molecule has 2 amide bonds.